The zero-order valence-corrected chi connectivity index (χ0v) is 23.5. The van der Waals surface area contributed by atoms with Crippen LogP contribution in [0.15, 0.2) is 54.1 Å². The molecule has 8 heteroatoms. The average molecular weight is 609 g/mol. The largest absolute Gasteiger partial charge is 0.493 e. The molecule has 3 aromatic rings. The van der Waals surface area contributed by atoms with Gasteiger partial charge >= 0.3 is 0 Å². The zero-order chi connectivity index (χ0) is 27.1. The van der Waals surface area contributed by atoms with Crippen molar-refractivity contribution in [1.29, 1.82) is 5.26 Å². The molecular formula is C29H28IN3O4. The van der Waals surface area contributed by atoms with E-state index in [4.69, 9.17) is 9.47 Å². The molecule has 0 spiro atoms. The number of methoxy groups -OCH3 is 1. The van der Waals surface area contributed by atoms with Gasteiger partial charge in [0, 0.05) is 11.4 Å². The van der Waals surface area contributed by atoms with E-state index in [9.17, 15) is 14.9 Å². The Bertz CT molecular complexity index is 1420. The Morgan fingerprint density at radius 1 is 1.00 bits per heavy atom. The number of rotatable bonds is 8. The molecule has 2 amide bonds. The second kappa shape index (κ2) is 12.4. The molecule has 0 atom stereocenters. The Labute approximate surface area is 230 Å². The molecule has 0 fully saturated rings. The summed E-state index contributed by atoms with van der Waals surface area (Å²) in [4.78, 5) is 25.3. The highest BCUT2D eigenvalue weighted by Gasteiger charge is 2.16. The molecule has 0 unspecified atom stereocenters. The number of hydrogen-bond donors (Lipinski definition) is 2. The third kappa shape index (κ3) is 7.11. The summed E-state index contributed by atoms with van der Waals surface area (Å²) in [5.74, 6) is -0.0312. The van der Waals surface area contributed by atoms with Gasteiger partial charge in [-0.3, -0.25) is 9.59 Å². The Balaban J connectivity index is 1.76. The molecule has 0 bridgehead atoms. The number of nitrogens with one attached hydrogen (secondary N) is 2. The van der Waals surface area contributed by atoms with Gasteiger partial charge < -0.3 is 20.1 Å². The van der Waals surface area contributed by atoms with Gasteiger partial charge in [-0.2, -0.15) is 5.26 Å². The lowest BCUT2D eigenvalue weighted by Crippen LogP contribution is -2.21. The van der Waals surface area contributed by atoms with E-state index < -0.39 is 5.91 Å². The van der Waals surface area contributed by atoms with Crippen molar-refractivity contribution >= 4 is 51.9 Å². The molecule has 0 aromatic heterocycles. The zero-order valence-electron chi connectivity index (χ0n) is 21.4. The summed E-state index contributed by atoms with van der Waals surface area (Å²) in [6, 6.07) is 16.8. The lowest BCUT2D eigenvalue weighted by Gasteiger charge is -2.14. The number of anilines is 2. The third-order valence-corrected chi connectivity index (χ3v) is 6.59. The van der Waals surface area contributed by atoms with Gasteiger partial charge in [0.2, 0.25) is 0 Å². The van der Waals surface area contributed by atoms with E-state index in [0.29, 0.717) is 26.3 Å². The quantitative estimate of drug-likeness (QED) is 0.183. The Kier molecular flexibility index (Phi) is 9.31. The number of nitrogens with zero attached hydrogens (tertiary/aromatic N) is 1. The third-order valence-electron chi connectivity index (χ3n) is 5.78. The molecular weight excluding hydrogens is 581 g/mol. The number of benzene rings is 3. The average Bonchev–Trinajstić information content (AvgIpc) is 2.86. The number of carbonyl (C=O) groups excluding carboxylic acids is 2. The van der Waals surface area contributed by atoms with E-state index >= 15 is 0 Å². The number of hydrogen-bond acceptors (Lipinski definition) is 5. The SMILES string of the molecule is COc1cc(/C=C(/C#N)C(=O)Nc2cccc(C)c2C)cc(I)c1OCC(=O)Nc1ccc(C)cc1C. The van der Waals surface area contributed by atoms with Crippen molar-refractivity contribution in [3.63, 3.8) is 0 Å². The lowest BCUT2D eigenvalue weighted by atomic mass is 10.1. The van der Waals surface area contributed by atoms with E-state index in [1.54, 1.807) is 18.2 Å². The van der Waals surface area contributed by atoms with E-state index in [1.807, 2.05) is 64.1 Å². The van der Waals surface area contributed by atoms with E-state index in [-0.39, 0.29) is 18.1 Å². The van der Waals surface area contributed by atoms with Crippen LogP contribution >= 0.6 is 22.6 Å². The lowest BCUT2D eigenvalue weighted by molar-refractivity contribution is -0.118. The first-order valence-corrected chi connectivity index (χ1v) is 12.6. The maximum atomic E-state index is 12.8. The summed E-state index contributed by atoms with van der Waals surface area (Å²) in [5, 5.41) is 15.3. The highest BCUT2D eigenvalue weighted by molar-refractivity contribution is 14.1. The Hall–Kier alpha value is -3.84. The molecule has 0 aliphatic carbocycles. The van der Waals surface area contributed by atoms with E-state index in [1.165, 1.54) is 13.2 Å². The van der Waals surface area contributed by atoms with Crippen molar-refractivity contribution in [3.8, 4) is 17.6 Å². The first-order valence-electron chi connectivity index (χ1n) is 11.5. The Morgan fingerprint density at radius 3 is 2.43 bits per heavy atom. The molecule has 3 aromatic carbocycles. The number of aryl methyl sites for hydroxylation is 3. The monoisotopic (exact) mass is 609 g/mol. The van der Waals surface area contributed by atoms with Crippen LogP contribution in [0.3, 0.4) is 0 Å². The van der Waals surface area contributed by atoms with Crippen LogP contribution in [-0.2, 0) is 9.59 Å². The summed E-state index contributed by atoms with van der Waals surface area (Å²) in [5.41, 5.74) is 5.96. The molecule has 0 aliphatic heterocycles. The maximum absolute atomic E-state index is 12.8. The fraction of sp³-hybridized carbons (Fsp3) is 0.207. The summed E-state index contributed by atoms with van der Waals surface area (Å²) in [6.45, 7) is 7.58. The van der Waals surface area contributed by atoms with Crippen molar-refractivity contribution in [2.75, 3.05) is 24.4 Å². The fourth-order valence-electron chi connectivity index (χ4n) is 3.63. The van der Waals surface area contributed by atoms with Crippen LogP contribution in [0.25, 0.3) is 6.08 Å². The van der Waals surface area contributed by atoms with E-state index in [0.717, 1.165) is 27.9 Å². The normalized spacial score (nSPS) is 10.9. The van der Waals surface area contributed by atoms with Gasteiger partial charge in [0.15, 0.2) is 18.1 Å². The molecule has 2 N–H and O–H groups in total. The van der Waals surface area contributed by atoms with Crippen LogP contribution < -0.4 is 20.1 Å². The number of halogens is 1. The molecule has 0 saturated carbocycles. The molecule has 190 valence electrons. The van der Waals surface area contributed by atoms with Gasteiger partial charge in [-0.25, -0.2) is 0 Å². The van der Waals surface area contributed by atoms with Gasteiger partial charge in [-0.05, 0) is 103 Å². The molecule has 0 saturated heterocycles. The van der Waals surface area contributed by atoms with Crippen LogP contribution in [-0.4, -0.2) is 25.5 Å². The van der Waals surface area contributed by atoms with Crippen molar-refractivity contribution in [1.82, 2.24) is 0 Å². The Morgan fingerprint density at radius 2 is 1.76 bits per heavy atom. The van der Waals surface area contributed by atoms with Crippen LogP contribution in [0.1, 0.15) is 27.8 Å². The standard InChI is InChI=1S/C29H28IN3O4/c1-17-9-10-24(19(3)11-17)32-27(34)16-37-28-23(30)13-21(14-26(28)36-5)12-22(15-31)29(35)33-25-8-6-7-18(2)20(25)4/h6-14H,16H2,1-5H3,(H,32,34)(H,33,35)/b22-12-. The number of amides is 2. The number of nitriles is 1. The van der Waals surface area contributed by atoms with Gasteiger partial charge in [-0.15, -0.1) is 0 Å². The van der Waals surface area contributed by atoms with Crippen molar-refractivity contribution in [2.45, 2.75) is 27.7 Å². The predicted molar refractivity (Wildman–Crippen MR) is 154 cm³/mol. The summed E-state index contributed by atoms with van der Waals surface area (Å²) < 4.78 is 11.9. The fourth-order valence-corrected chi connectivity index (χ4v) is 4.41. The smallest absolute Gasteiger partial charge is 0.266 e. The second-order valence-electron chi connectivity index (χ2n) is 8.56. The first-order chi connectivity index (χ1) is 17.6. The van der Waals surface area contributed by atoms with Gasteiger partial charge in [0.1, 0.15) is 11.6 Å². The number of carbonyl (C=O) groups is 2. The van der Waals surface area contributed by atoms with Crippen molar-refractivity contribution in [2.24, 2.45) is 0 Å². The molecule has 0 heterocycles. The highest BCUT2D eigenvalue weighted by Crippen LogP contribution is 2.35. The molecule has 0 radical (unpaired) electrons. The van der Waals surface area contributed by atoms with Gasteiger partial charge in [0.25, 0.3) is 11.8 Å². The van der Waals surface area contributed by atoms with Crippen molar-refractivity contribution in [3.05, 3.63) is 85.5 Å². The van der Waals surface area contributed by atoms with Crippen LogP contribution in [0.5, 0.6) is 11.5 Å². The summed E-state index contributed by atoms with van der Waals surface area (Å²) >= 11 is 2.07. The number of ether oxygens (including phenoxy) is 2. The van der Waals surface area contributed by atoms with Crippen LogP contribution in [0.4, 0.5) is 11.4 Å². The minimum Gasteiger partial charge on any atom is -0.493 e. The van der Waals surface area contributed by atoms with Crippen LogP contribution in [0, 0.1) is 42.6 Å². The maximum Gasteiger partial charge on any atom is 0.266 e. The topological polar surface area (TPSA) is 100 Å². The summed E-state index contributed by atoms with van der Waals surface area (Å²) in [7, 11) is 1.49. The van der Waals surface area contributed by atoms with Gasteiger partial charge in [0.05, 0.1) is 10.7 Å². The van der Waals surface area contributed by atoms with Crippen LogP contribution in [0.2, 0.25) is 0 Å². The summed E-state index contributed by atoms with van der Waals surface area (Å²) in [6.07, 6.45) is 1.49. The van der Waals surface area contributed by atoms with Crippen molar-refractivity contribution < 1.29 is 19.1 Å². The minimum atomic E-state index is -0.506. The molecule has 3 rings (SSSR count). The molecule has 7 nitrogen and oxygen atoms in total. The predicted octanol–water partition coefficient (Wildman–Crippen LogP) is 6.10. The second-order valence-corrected chi connectivity index (χ2v) is 9.72. The molecule has 0 aliphatic rings. The molecule has 37 heavy (non-hydrogen) atoms. The van der Waals surface area contributed by atoms with Gasteiger partial charge in [-0.1, -0.05) is 29.8 Å². The van der Waals surface area contributed by atoms with E-state index in [2.05, 4.69) is 33.2 Å². The minimum absolute atomic E-state index is 0.0553. The first kappa shape index (κ1) is 27.7. The highest BCUT2D eigenvalue weighted by atomic mass is 127.